The molecule has 5 nitrogen and oxygen atoms in total. The number of aromatic nitrogens is 4. The zero-order chi connectivity index (χ0) is 20.0. The first-order valence-corrected chi connectivity index (χ1v) is 9.22. The summed E-state index contributed by atoms with van der Waals surface area (Å²) in [4.78, 5) is 6.48. The van der Waals surface area contributed by atoms with Crippen molar-refractivity contribution >= 4 is 22.5 Å². The number of allylic oxidation sites excluding steroid dienone is 3. The van der Waals surface area contributed by atoms with Crippen molar-refractivity contribution in [1.82, 2.24) is 19.6 Å². The van der Waals surface area contributed by atoms with E-state index in [1.807, 2.05) is 11.8 Å². The lowest BCUT2D eigenvalue weighted by atomic mass is 10.0. The van der Waals surface area contributed by atoms with Crippen molar-refractivity contribution in [2.45, 2.75) is 33.1 Å². The van der Waals surface area contributed by atoms with Gasteiger partial charge in [-0.1, -0.05) is 18.7 Å². The predicted octanol–water partition coefficient (Wildman–Crippen LogP) is 4.87. The number of rotatable bonds is 3. The lowest BCUT2D eigenvalue weighted by Gasteiger charge is -2.27. The van der Waals surface area contributed by atoms with Crippen LogP contribution < -0.4 is 4.90 Å². The highest BCUT2D eigenvalue weighted by molar-refractivity contribution is 5.93. The molecule has 1 aliphatic rings. The van der Waals surface area contributed by atoms with Crippen LogP contribution in [0.2, 0.25) is 0 Å². The van der Waals surface area contributed by atoms with Crippen molar-refractivity contribution in [2.24, 2.45) is 0 Å². The summed E-state index contributed by atoms with van der Waals surface area (Å²) in [6, 6.07) is 2.66. The van der Waals surface area contributed by atoms with Gasteiger partial charge in [0.15, 0.2) is 11.6 Å². The second-order valence-corrected chi connectivity index (χ2v) is 7.03. The van der Waals surface area contributed by atoms with Gasteiger partial charge in [-0.05, 0) is 56.9 Å². The Hall–Kier alpha value is -3.09. The molecule has 144 valence electrons. The smallest absolute Gasteiger partial charge is 0.257 e. The van der Waals surface area contributed by atoms with E-state index >= 15 is 4.39 Å². The van der Waals surface area contributed by atoms with Crippen molar-refractivity contribution in [3.63, 3.8) is 0 Å². The van der Waals surface area contributed by atoms with Gasteiger partial charge >= 0.3 is 0 Å². The van der Waals surface area contributed by atoms with Crippen LogP contribution in [0.3, 0.4) is 0 Å². The van der Waals surface area contributed by atoms with Crippen LogP contribution in [0, 0.1) is 18.6 Å². The van der Waals surface area contributed by atoms with E-state index in [9.17, 15) is 4.39 Å². The lowest BCUT2D eigenvalue weighted by molar-refractivity contribution is 0.516. The van der Waals surface area contributed by atoms with Crippen LogP contribution in [0.4, 0.5) is 14.6 Å². The minimum atomic E-state index is -0.931. The summed E-state index contributed by atoms with van der Waals surface area (Å²) in [5.74, 6) is -0.625. The zero-order valence-electron chi connectivity index (χ0n) is 16.0. The normalized spacial score (nSPS) is 15.4. The molecule has 0 unspecified atom stereocenters. The molecule has 0 saturated carbocycles. The van der Waals surface area contributed by atoms with Crippen LogP contribution in [-0.4, -0.2) is 26.1 Å². The third kappa shape index (κ3) is 2.69. The van der Waals surface area contributed by atoms with E-state index in [-0.39, 0.29) is 5.39 Å². The van der Waals surface area contributed by atoms with Crippen LogP contribution in [0.1, 0.15) is 32.0 Å². The number of halogens is 2. The summed E-state index contributed by atoms with van der Waals surface area (Å²) in [5.41, 5.74) is 3.28. The Labute approximate surface area is 161 Å². The van der Waals surface area contributed by atoms with Crippen molar-refractivity contribution in [3.05, 3.63) is 65.7 Å². The molecule has 0 atom stereocenters. The maximum absolute atomic E-state index is 15.0. The highest BCUT2D eigenvalue weighted by Gasteiger charge is 2.25. The van der Waals surface area contributed by atoms with Crippen LogP contribution >= 0.6 is 0 Å². The van der Waals surface area contributed by atoms with Gasteiger partial charge in [-0.2, -0.15) is 4.98 Å². The SMILES string of the molecule is C=CC1=C(C(=C)C)CCCCN1c1nc2nnc(C)n2c2ccc(F)c(F)c12. The highest BCUT2D eigenvalue weighted by atomic mass is 19.2. The first-order valence-electron chi connectivity index (χ1n) is 9.22. The third-order valence-electron chi connectivity index (χ3n) is 5.17. The monoisotopic (exact) mass is 381 g/mol. The molecular weight excluding hydrogens is 360 g/mol. The minimum absolute atomic E-state index is 0.109. The third-order valence-corrected chi connectivity index (χ3v) is 5.17. The quantitative estimate of drug-likeness (QED) is 0.649. The zero-order valence-corrected chi connectivity index (χ0v) is 16.0. The molecule has 1 aliphatic heterocycles. The Morgan fingerprint density at radius 3 is 2.71 bits per heavy atom. The number of benzene rings is 1. The van der Waals surface area contributed by atoms with Gasteiger partial charge in [0.25, 0.3) is 5.78 Å². The summed E-state index contributed by atoms with van der Waals surface area (Å²) in [6.07, 6.45) is 4.44. The summed E-state index contributed by atoms with van der Waals surface area (Å²) >= 11 is 0. The van der Waals surface area contributed by atoms with Crippen molar-refractivity contribution < 1.29 is 8.78 Å². The molecule has 0 spiro atoms. The van der Waals surface area contributed by atoms with E-state index in [4.69, 9.17) is 0 Å². The summed E-state index contributed by atoms with van der Waals surface area (Å²) in [5, 5.41) is 8.27. The molecule has 28 heavy (non-hydrogen) atoms. The topological polar surface area (TPSA) is 46.3 Å². The number of fused-ring (bicyclic) bond motifs is 3. The Bertz CT molecular complexity index is 1160. The van der Waals surface area contributed by atoms with E-state index in [1.165, 1.54) is 6.07 Å². The van der Waals surface area contributed by atoms with Gasteiger partial charge in [-0.3, -0.25) is 4.40 Å². The molecule has 2 aromatic heterocycles. The molecule has 0 N–H and O–H groups in total. The number of anilines is 1. The van der Waals surface area contributed by atoms with Crippen molar-refractivity contribution in [3.8, 4) is 0 Å². The van der Waals surface area contributed by atoms with Gasteiger partial charge in [-0.25, -0.2) is 8.78 Å². The Morgan fingerprint density at radius 2 is 2.00 bits per heavy atom. The first-order chi connectivity index (χ1) is 13.4. The second kappa shape index (κ2) is 6.82. The predicted molar refractivity (Wildman–Crippen MR) is 106 cm³/mol. The Kier molecular flexibility index (Phi) is 4.45. The second-order valence-electron chi connectivity index (χ2n) is 7.03. The van der Waals surface area contributed by atoms with E-state index in [0.29, 0.717) is 29.5 Å². The maximum Gasteiger partial charge on any atom is 0.257 e. The van der Waals surface area contributed by atoms with Crippen molar-refractivity contribution in [1.29, 1.82) is 0 Å². The average Bonchev–Trinajstić information content (AvgIpc) is 2.91. The molecule has 0 aliphatic carbocycles. The van der Waals surface area contributed by atoms with Crippen LogP contribution in [0.5, 0.6) is 0 Å². The Balaban J connectivity index is 2.12. The molecule has 0 saturated heterocycles. The van der Waals surface area contributed by atoms with E-state index in [1.54, 1.807) is 17.4 Å². The van der Waals surface area contributed by atoms with Crippen LogP contribution in [-0.2, 0) is 0 Å². The molecule has 0 bridgehead atoms. The number of hydrogen-bond donors (Lipinski definition) is 0. The minimum Gasteiger partial charge on any atom is -0.325 e. The van der Waals surface area contributed by atoms with Crippen LogP contribution in [0.15, 0.2) is 48.2 Å². The van der Waals surface area contributed by atoms with E-state index in [0.717, 1.165) is 42.2 Å². The molecule has 4 rings (SSSR count). The van der Waals surface area contributed by atoms with E-state index < -0.39 is 11.6 Å². The fourth-order valence-corrected chi connectivity index (χ4v) is 3.86. The lowest BCUT2D eigenvalue weighted by Crippen LogP contribution is -2.25. The molecule has 1 aromatic carbocycles. The summed E-state index contributed by atoms with van der Waals surface area (Å²) < 4.78 is 30.8. The maximum atomic E-state index is 15.0. The molecular formula is C21H21F2N5. The number of aryl methyl sites for hydroxylation is 1. The number of nitrogens with zero attached hydrogens (tertiary/aromatic N) is 5. The van der Waals surface area contributed by atoms with Gasteiger partial charge in [0.05, 0.1) is 10.9 Å². The van der Waals surface area contributed by atoms with Gasteiger partial charge in [0, 0.05) is 12.2 Å². The molecule has 0 fully saturated rings. The molecule has 3 aromatic rings. The standard InChI is InChI=1S/C21H21F2N5/c1-5-16-14(12(2)3)8-6-7-11-27(16)20-18-17(10-9-15(22)19(18)23)28-13(4)25-26-21(28)24-20/h5,9-10H,1-2,6-8,11H2,3-4H3. The average molecular weight is 381 g/mol. The summed E-state index contributed by atoms with van der Waals surface area (Å²) in [7, 11) is 0. The number of hydrogen-bond acceptors (Lipinski definition) is 4. The Morgan fingerprint density at radius 1 is 1.21 bits per heavy atom. The summed E-state index contributed by atoms with van der Waals surface area (Å²) in [6.45, 7) is 12.3. The van der Waals surface area contributed by atoms with Gasteiger partial charge < -0.3 is 4.90 Å². The fourth-order valence-electron chi connectivity index (χ4n) is 3.86. The largest absolute Gasteiger partial charge is 0.325 e. The van der Waals surface area contributed by atoms with Crippen molar-refractivity contribution in [2.75, 3.05) is 11.4 Å². The van der Waals surface area contributed by atoms with E-state index in [2.05, 4.69) is 28.3 Å². The first kappa shape index (κ1) is 18.3. The van der Waals surface area contributed by atoms with Gasteiger partial charge in [-0.15, -0.1) is 10.2 Å². The highest BCUT2D eigenvalue weighted by Crippen LogP contribution is 2.36. The molecule has 0 radical (unpaired) electrons. The molecule has 3 heterocycles. The molecule has 0 amide bonds. The van der Waals surface area contributed by atoms with Gasteiger partial charge in [0.1, 0.15) is 11.6 Å². The van der Waals surface area contributed by atoms with Gasteiger partial charge in [0.2, 0.25) is 0 Å². The van der Waals surface area contributed by atoms with Crippen LogP contribution in [0.25, 0.3) is 16.7 Å². The fraction of sp³-hybridized carbons (Fsp3) is 0.286. The molecule has 7 heteroatoms.